The van der Waals surface area contributed by atoms with Crippen molar-refractivity contribution in [2.45, 2.75) is 18.7 Å². The Morgan fingerprint density at radius 1 is 1.57 bits per heavy atom. The molecule has 2 radical (unpaired) electrons. The van der Waals surface area contributed by atoms with E-state index in [0.29, 0.717) is 0 Å². The maximum atomic E-state index is 8.23. The molecule has 0 heterocycles. The third-order valence-corrected chi connectivity index (χ3v) is 1.49. The van der Waals surface area contributed by atoms with Crippen LogP contribution in [0.25, 0.3) is 0 Å². The molecule has 0 saturated heterocycles. The minimum Gasteiger partial charge on any atom is -0.198 e. The lowest BCUT2D eigenvalue weighted by molar-refractivity contribution is 0.398. The van der Waals surface area contributed by atoms with Crippen LogP contribution in [0.4, 0.5) is 0 Å². The Bertz CT molecular complexity index is 105. The molecule has 2 unspecified atom stereocenters. The Labute approximate surface area is 44.7 Å². The standard InChI is InChI=1S/C5H6BN/c6-5-2-1-4(5)3-7/h4-5H,1-2H2. The molecule has 0 amide bonds. The van der Waals surface area contributed by atoms with Crippen LogP contribution in [-0.4, -0.2) is 7.85 Å². The molecule has 0 bridgehead atoms. The first-order valence-electron chi connectivity index (χ1n) is 2.50. The average molecular weight is 90.9 g/mol. The lowest BCUT2D eigenvalue weighted by atomic mass is 9.63. The molecule has 0 spiro atoms. The first-order valence-corrected chi connectivity index (χ1v) is 2.50. The van der Waals surface area contributed by atoms with Crippen molar-refractivity contribution in [1.82, 2.24) is 0 Å². The predicted octanol–water partition coefficient (Wildman–Crippen LogP) is 0.877. The summed E-state index contributed by atoms with van der Waals surface area (Å²) >= 11 is 0. The molecule has 0 N–H and O–H groups in total. The topological polar surface area (TPSA) is 23.8 Å². The van der Waals surface area contributed by atoms with Crippen molar-refractivity contribution in [3.63, 3.8) is 0 Å². The van der Waals surface area contributed by atoms with Gasteiger partial charge < -0.3 is 0 Å². The second-order valence-electron chi connectivity index (χ2n) is 1.98. The molecule has 2 atom stereocenters. The maximum Gasteiger partial charge on any atom is 0.0717 e. The van der Waals surface area contributed by atoms with Gasteiger partial charge in [0.15, 0.2) is 0 Å². The van der Waals surface area contributed by atoms with Gasteiger partial charge in [-0.05, 0) is 6.42 Å². The Morgan fingerprint density at radius 2 is 2.29 bits per heavy atom. The number of nitrogens with zero attached hydrogens (tertiary/aromatic N) is 1. The normalized spacial score (nSPS) is 38.7. The van der Waals surface area contributed by atoms with Gasteiger partial charge in [0.05, 0.1) is 13.9 Å². The van der Waals surface area contributed by atoms with Crippen molar-refractivity contribution < 1.29 is 0 Å². The van der Waals surface area contributed by atoms with Crippen LogP contribution in [0.1, 0.15) is 12.8 Å². The van der Waals surface area contributed by atoms with Gasteiger partial charge >= 0.3 is 0 Å². The molecule has 0 aromatic carbocycles. The fourth-order valence-electron chi connectivity index (χ4n) is 0.686. The van der Waals surface area contributed by atoms with Crippen molar-refractivity contribution >= 4 is 7.85 Å². The molecule has 1 aliphatic rings. The van der Waals surface area contributed by atoms with Crippen LogP contribution in [0.2, 0.25) is 5.82 Å². The molecule has 1 aliphatic carbocycles. The summed E-state index contributed by atoms with van der Waals surface area (Å²) in [5.41, 5.74) is 0. The van der Waals surface area contributed by atoms with Crippen LogP contribution in [-0.2, 0) is 0 Å². The lowest BCUT2D eigenvalue weighted by Crippen LogP contribution is -2.18. The number of rotatable bonds is 0. The van der Waals surface area contributed by atoms with E-state index in [4.69, 9.17) is 13.1 Å². The zero-order valence-electron chi connectivity index (χ0n) is 4.09. The van der Waals surface area contributed by atoms with E-state index in [2.05, 4.69) is 6.07 Å². The van der Waals surface area contributed by atoms with Gasteiger partial charge in [0.1, 0.15) is 0 Å². The molecule has 0 aromatic rings. The summed E-state index contributed by atoms with van der Waals surface area (Å²) in [6, 6.07) is 2.13. The van der Waals surface area contributed by atoms with E-state index in [-0.39, 0.29) is 11.7 Å². The van der Waals surface area contributed by atoms with E-state index < -0.39 is 0 Å². The highest BCUT2D eigenvalue weighted by molar-refractivity contribution is 6.12. The zero-order valence-corrected chi connectivity index (χ0v) is 4.09. The quantitative estimate of drug-likeness (QED) is 0.406. The number of hydrogen-bond donors (Lipinski definition) is 0. The van der Waals surface area contributed by atoms with Crippen molar-refractivity contribution in [2.24, 2.45) is 5.92 Å². The van der Waals surface area contributed by atoms with Crippen LogP contribution >= 0.6 is 0 Å². The summed E-state index contributed by atoms with van der Waals surface area (Å²) in [7, 11) is 5.41. The van der Waals surface area contributed by atoms with Crippen LogP contribution in [0.3, 0.4) is 0 Å². The third-order valence-electron chi connectivity index (χ3n) is 1.49. The van der Waals surface area contributed by atoms with Crippen LogP contribution in [0.15, 0.2) is 0 Å². The molecule has 2 heteroatoms. The predicted molar refractivity (Wildman–Crippen MR) is 27.8 cm³/mol. The van der Waals surface area contributed by atoms with Crippen molar-refractivity contribution in [2.75, 3.05) is 0 Å². The van der Waals surface area contributed by atoms with Gasteiger partial charge in [-0.15, -0.1) is 0 Å². The smallest absolute Gasteiger partial charge is 0.0717 e. The van der Waals surface area contributed by atoms with E-state index in [1.807, 2.05) is 0 Å². The van der Waals surface area contributed by atoms with Gasteiger partial charge in [-0.3, -0.25) is 0 Å². The summed E-state index contributed by atoms with van der Waals surface area (Å²) < 4.78 is 0. The highest BCUT2D eigenvalue weighted by Gasteiger charge is 2.25. The second kappa shape index (κ2) is 1.57. The monoisotopic (exact) mass is 91.1 g/mol. The van der Waals surface area contributed by atoms with E-state index in [9.17, 15) is 0 Å². The first kappa shape index (κ1) is 4.71. The largest absolute Gasteiger partial charge is 0.198 e. The third kappa shape index (κ3) is 0.630. The highest BCUT2D eigenvalue weighted by Crippen LogP contribution is 2.35. The molecule has 0 aromatic heterocycles. The number of hydrogen-bond acceptors (Lipinski definition) is 1. The van der Waals surface area contributed by atoms with E-state index in [0.717, 1.165) is 12.8 Å². The van der Waals surface area contributed by atoms with Crippen LogP contribution < -0.4 is 0 Å². The zero-order chi connectivity index (χ0) is 5.28. The minimum absolute atomic E-state index is 0.167. The summed E-state index contributed by atoms with van der Waals surface area (Å²) in [6.07, 6.45) is 2.05. The Morgan fingerprint density at radius 3 is 2.29 bits per heavy atom. The van der Waals surface area contributed by atoms with Gasteiger partial charge in [0.2, 0.25) is 0 Å². The first-order chi connectivity index (χ1) is 3.34. The lowest BCUT2D eigenvalue weighted by Gasteiger charge is -2.27. The maximum absolute atomic E-state index is 8.23. The van der Waals surface area contributed by atoms with Gasteiger partial charge in [0, 0.05) is 5.92 Å². The summed E-state index contributed by atoms with van der Waals surface area (Å²) in [5, 5.41) is 8.23. The fraction of sp³-hybridized carbons (Fsp3) is 0.800. The minimum atomic E-state index is 0.167. The molecule has 1 saturated carbocycles. The van der Waals surface area contributed by atoms with Crippen molar-refractivity contribution in [3.8, 4) is 6.07 Å². The SMILES string of the molecule is [B]C1CCC1C#N. The van der Waals surface area contributed by atoms with Gasteiger partial charge in [-0.25, -0.2) is 0 Å². The fourth-order valence-corrected chi connectivity index (χ4v) is 0.686. The van der Waals surface area contributed by atoms with Gasteiger partial charge in [-0.1, -0.05) is 12.2 Å². The van der Waals surface area contributed by atoms with E-state index in [1.165, 1.54) is 0 Å². The van der Waals surface area contributed by atoms with Crippen LogP contribution in [0, 0.1) is 17.2 Å². The summed E-state index contributed by atoms with van der Waals surface area (Å²) in [5.74, 6) is 0.352. The molecular formula is C5H6BN. The Balaban J connectivity index is 2.33. The average Bonchev–Trinajstić information content (AvgIpc) is 1.65. The summed E-state index contributed by atoms with van der Waals surface area (Å²) in [6.45, 7) is 0. The molecule has 1 fully saturated rings. The Hall–Kier alpha value is -0.445. The van der Waals surface area contributed by atoms with Crippen molar-refractivity contribution in [3.05, 3.63) is 0 Å². The summed E-state index contributed by atoms with van der Waals surface area (Å²) in [4.78, 5) is 0. The van der Waals surface area contributed by atoms with E-state index in [1.54, 1.807) is 0 Å². The van der Waals surface area contributed by atoms with Gasteiger partial charge in [0.25, 0.3) is 0 Å². The second-order valence-corrected chi connectivity index (χ2v) is 1.98. The molecule has 1 nitrogen and oxygen atoms in total. The molecule has 34 valence electrons. The molecule has 0 aliphatic heterocycles. The van der Waals surface area contributed by atoms with Crippen LogP contribution in [0.5, 0.6) is 0 Å². The van der Waals surface area contributed by atoms with Crippen molar-refractivity contribution in [1.29, 1.82) is 5.26 Å². The number of nitriles is 1. The molecule has 1 rings (SSSR count). The molecular weight excluding hydrogens is 84.9 g/mol. The molecule has 7 heavy (non-hydrogen) atoms. The van der Waals surface area contributed by atoms with E-state index >= 15 is 0 Å². The highest BCUT2D eigenvalue weighted by atomic mass is 14.3. The van der Waals surface area contributed by atoms with Gasteiger partial charge in [-0.2, -0.15) is 5.26 Å². The Kier molecular flexibility index (Phi) is 1.06.